The number of rotatable bonds is 8. The van der Waals surface area contributed by atoms with Crippen molar-refractivity contribution < 1.29 is 19.0 Å². The Bertz CT molecular complexity index is 1790. The quantitative estimate of drug-likeness (QED) is 0.179. The lowest BCUT2D eigenvalue weighted by Crippen LogP contribution is -2.07. The predicted octanol–water partition coefficient (Wildman–Crippen LogP) is 6.66. The molecule has 194 valence electrons. The van der Waals surface area contributed by atoms with Crippen LogP contribution in [0.3, 0.4) is 0 Å². The molecule has 0 radical (unpaired) electrons. The number of aromatic nitrogens is 5. The molecule has 0 aliphatic carbocycles. The van der Waals surface area contributed by atoms with E-state index < -0.39 is 17.7 Å². The van der Waals surface area contributed by atoms with E-state index in [1.54, 1.807) is 43.7 Å². The second-order valence-electron chi connectivity index (χ2n) is 9.34. The molecule has 3 aromatic heterocycles. The number of benzene rings is 3. The molecule has 6 aromatic rings. The zero-order valence-corrected chi connectivity index (χ0v) is 20.9. The molecular weight excluding hydrogens is 497 g/mol. The van der Waals surface area contributed by atoms with Gasteiger partial charge in [-0.2, -0.15) is 5.10 Å². The normalized spacial score (nSPS) is 12.1. The van der Waals surface area contributed by atoms with E-state index in [0.717, 1.165) is 27.8 Å². The second kappa shape index (κ2) is 9.94. The molecule has 8 nitrogen and oxygen atoms in total. The summed E-state index contributed by atoms with van der Waals surface area (Å²) in [5.41, 5.74) is 5.26. The van der Waals surface area contributed by atoms with Crippen molar-refractivity contribution >= 4 is 16.9 Å². The lowest BCUT2D eigenvalue weighted by Gasteiger charge is -2.13. The van der Waals surface area contributed by atoms with Crippen LogP contribution in [-0.2, 0) is 11.2 Å². The maximum atomic E-state index is 15.3. The van der Waals surface area contributed by atoms with Crippen molar-refractivity contribution in [2.24, 2.45) is 0 Å². The minimum Gasteiger partial charge on any atom is -0.481 e. The first-order valence-electron chi connectivity index (χ1n) is 12.4. The fourth-order valence-electron chi connectivity index (χ4n) is 4.67. The zero-order valence-electron chi connectivity index (χ0n) is 20.9. The van der Waals surface area contributed by atoms with E-state index in [1.807, 2.05) is 42.5 Å². The summed E-state index contributed by atoms with van der Waals surface area (Å²) in [5.74, 6) is -0.751. The number of nitrogens with zero attached hydrogens (tertiary/aromatic N) is 2. The monoisotopic (exact) mass is 521 g/mol. The minimum absolute atomic E-state index is 0.0964. The Morgan fingerprint density at radius 2 is 1.97 bits per heavy atom. The summed E-state index contributed by atoms with van der Waals surface area (Å²) < 4.78 is 21.4. The van der Waals surface area contributed by atoms with Gasteiger partial charge in [0.25, 0.3) is 0 Å². The number of carboxylic acids is 1. The smallest absolute Gasteiger partial charge is 0.310 e. The molecule has 0 spiro atoms. The maximum absolute atomic E-state index is 15.3. The molecule has 0 bridgehead atoms. The van der Waals surface area contributed by atoms with Crippen LogP contribution < -0.4 is 4.74 Å². The van der Waals surface area contributed by atoms with E-state index in [0.29, 0.717) is 34.8 Å². The van der Waals surface area contributed by atoms with Crippen molar-refractivity contribution in [3.05, 3.63) is 108 Å². The van der Waals surface area contributed by atoms with E-state index in [1.165, 1.54) is 6.07 Å². The molecule has 9 heteroatoms. The molecule has 0 saturated heterocycles. The van der Waals surface area contributed by atoms with Crippen LogP contribution in [0.5, 0.6) is 11.5 Å². The van der Waals surface area contributed by atoms with Gasteiger partial charge in [0.1, 0.15) is 11.6 Å². The summed E-state index contributed by atoms with van der Waals surface area (Å²) in [6.07, 6.45) is 5.69. The largest absolute Gasteiger partial charge is 0.481 e. The number of hydrogen-bond donors (Lipinski definition) is 4. The number of nitrogens with one attached hydrogen (secondary N) is 3. The summed E-state index contributed by atoms with van der Waals surface area (Å²) >= 11 is 0. The van der Waals surface area contributed by atoms with Crippen LogP contribution in [0, 0.1) is 5.82 Å². The van der Waals surface area contributed by atoms with E-state index in [9.17, 15) is 9.90 Å². The van der Waals surface area contributed by atoms with Crippen LogP contribution in [0.2, 0.25) is 0 Å². The summed E-state index contributed by atoms with van der Waals surface area (Å²) in [7, 11) is 0. The van der Waals surface area contributed by atoms with Crippen LogP contribution in [0.4, 0.5) is 4.39 Å². The van der Waals surface area contributed by atoms with Crippen LogP contribution in [0.1, 0.15) is 29.7 Å². The summed E-state index contributed by atoms with van der Waals surface area (Å²) in [4.78, 5) is 22.3. The number of hydrogen-bond acceptors (Lipinski definition) is 4. The maximum Gasteiger partial charge on any atom is 0.310 e. The first-order valence-corrected chi connectivity index (χ1v) is 12.4. The lowest BCUT2D eigenvalue weighted by molar-refractivity contribution is -0.138. The highest BCUT2D eigenvalue weighted by Gasteiger charge is 2.20. The first kappa shape index (κ1) is 24.2. The fourth-order valence-corrected chi connectivity index (χ4v) is 4.67. The van der Waals surface area contributed by atoms with E-state index >= 15 is 4.39 Å². The summed E-state index contributed by atoms with van der Waals surface area (Å²) in [5, 5.41) is 17.1. The number of carbonyl (C=O) groups is 1. The molecule has 0 aliphatic rings. The topological polar surface area (TPSA) is 120 Å². The third kappa shape index (κ3) is 4.77. The van der Waals surface area contributed by atoms with Crippen LogP contribution in [0.15, 0.2) is 85.3 Å². The van der Waals surface area contributed by atoms with Crippen molar-refractivity contribution in [1.29, 1.82) is 0 Å². The van der Waals surface area contributed by atoms with Gasteiger partial charge in [0.2, 0.25) is 0 Å². The zero-order chi connectivity index (χ0) is 26.9. The van der Waals surface area contributed by atoms with Gasteiger partial charge < -0.3 is 19.8 Å². The van der Waals surface area contributed by atoms with E-state index in [-0.39, 0.29) is 5.75 Å². The fraction of sp³-hybridized carbons (Fsp3) is 0.100. The van der Waals surface area contributed by atoms with Gasteiger partial charge >= 0.3 is 5.97 Å². The Kier molecular flexibility index (Phi) is 6.16. The second-order valence-corrected chi connectivity index (χ2v) is 9.34. The average molecular weight is 522 g/mol. The summed E-state index contributed by atoms with van der Waals surface area (Å²) in [6.45, 7) is 1.67. The van der Waals surface area contributed by atoms with Gasteiger partial charge in [-0.05, 0) is 42.3 Å². The third-order valence-corrected chi connectivity index (χ3v) is 6.71. The molecule has 4 N–H and O–H groups in total. The summed E-state index contributed by atoms with van der Waals surface area (Å²) in [6, 6.07) is 19.9. The SMILES string of the molecule is CC(C(=O)O)c1cccc(Cc2cnc(-c3cccc(Oc4c(F)cc5[nH]ccc5c4-c4ccn[nH]4)c3)[nH]2)c1. The molecule has 0 aliphatic heterocycles. The molecule has 0 saturated carbocycles. The minimum atomic E-state index is -0.859. The molecule has 3 aromatic carbocycles. The highest BCUT2D eigenvalue weighted by molar-refractivity contribution is 5.97. The van der Waals surface area contributed by atoms with Gasteiger partial charge in [-0.3, -0.25) is 9.89 Å². The van der Waals surface area contributed by atoms with Crippen molar-refractivity contribution in [1.82, 2.24) is 25.1 Å². The number of fused-ring (bicyclic) bond motifs is 1. The Labute approximate surface area is 222 Å². The first-order chi connectivity index (χ1) is 19.0. The Hall–Kier alpha value is -5.18. The molecule has 0 amide bonds. The average Bonchev–Trinajstić information content (AvgIpc) is 3.72. The predicted molar refractivity (Wildman–Crippen MR) is 145 cm³/mol. The number of carboxylic acid groups (broad SMARTS) is 1. The molecule has 39 heavy (non-hydrogen) atoms. The molecule has 0 fully saturated rings. The van der Waals surface area contributed by atoms with Crippen LogP contribution >= 0.6 is 0 Å². The molecule has 6 rings (SSSR count). The molecule has 3 heterocycles. The van der Waals surface area contributed by atoms with Crippen molar-refractivity contribution in [3.8, 4) is 34.1 Å². The molecular formula is C30H24FN5O3. The van der Waals surface area contributed by atoms with Gasteiger partial charge in [-0.25, -0.2) is 9.37 Å². The Balaban J connectivity index is 1.27. The Morgan fingerprint density at radius 3 is 2.79 bits per heavy atom. The Morgan fingerprint density at radius 1 is 1.10 bits per heavy atom. The van der Waals surface area contributed by atoms with Crippen LogP contribution in [-0.4, -0.2) is 36.2 Å². The number of imidazole rings is 1. The van der Waals surface area contributed by atoms with Crippen molar-refractivity contribution in [2.45, 2.75) is 19.3 Å². The number of aromatic amines is 3. The number of halogens is 1. The van der Waals surface area contributed by atoms with Crippen molar-refractivity contribution in [2.75, 3.05) is 0 Å². The molecule has 1 atom stereocenters. The van der Waals surface area contributed by atoms with Gasteiger partial charge in [-0.15, -0.1) is 0 Å². The van der Waals surface area contributed by atoms with Crippen molar-refractivity contribution in [3.63, 3.8) is 0 Å². The third-order valence-electron chi connectivity index (χ3n) is 6.71. The van der Waals surface area contributed by atoms with Gasteiger partial charge in [0, 0.05) is 53.2 Å². The van der Waals surface area contributed by atoms with E-state index in [2.05, 4.69) is 25.1 Å². The highest BCUT2D eigenvalue weighted by atomic mass is 19.1. The molecule has 1 unspecified atom stereocenters. The lowest BCUT2D eigenvalue weighted by atomic mass is 9.98. The van der Waals surface area contributed by atoms with Gasteiger partial charge in [0.15, 0.2) is 11.6 Å². The highest BCUT2D eigenvalue weighted by Crippen LogP contribution is 2.40. The number of aliphatic carboxylic acids is 1. The standard InChI is InChI=1S/C30H24FN5O3/c1-17(30(37)38)19-5-2-4-18(12-19)13-21-16-33-29(35-21)20-6-3-7-22(14-20)39-28-24(31)15-26-23(8-10-32-26)27(28)25-9-11-34-36-25/h2-12,14-17,32H,13H2,1H3,(H,33,35)(H,34,36)(H,37,38). The van der Waals surface area contributed by atoms with Gasteiger partial charge in [-0.1, -0.05) is 36.4 Å². The number of H-pyrrole nitrogens is 3. The van der Waals surface area contributed by atoms with Gasteiger partial charge in [0.05, 0.1) is 17.2 Å². The van der Waals surface area contributed by atoms with E-state index in [4.69, 9.17) is 4.74 Å². The number of ether oxygens (including phenoxy) is 1. The van der Waals surface area contributed by atoms with Crippen LogP contribution in [0.25, 0.3) is 33.5 Å².